The van der Waals surface area contributed by atoms with Crippen molar-refractivity contribution in [2.75, 3.05) is 19.6 Å². The molecule has 2 amide bonds. The highest BCUT2D eigenvalue weighted by Gasteiger charge is 2.47. The fraction of sp³-hybridized carbons (Fsp3) is 0.857. The van der Waals surface area contributed by atoms with Crippen LogP contribution in [0.5, 0.6) is 0 Å². The lowest BCUT2D eigenvalue weighted by atomic mass is 9.88. The summed E-state index contributed by atoms with van der Waals surface area (Å²) < 4.78 is 5.75. The lowest BCUT2D eigenvalue weighted by Crippen LogP contribution is -2.54. The number of rotatable bonds is 2. The molecule has 0 aromatic heterocycles. The first-order valence-corrected chi connectivity index (χ1v) is 7.46. The number of hydrogen-bond donors (Lipinski definition) is 0. The molecule has 4 rings (SSSR count). The minimum Gasteiger partial charge on any atom is -0.374 e. The minimum absolute atomic E-state index is 0.0130. The highest BCUT2D eigenvalue weighted by molar-refractivity contribution is 5.87. The van der Waals surface area contributed by atoms with E-state index < -0.39 is 0 Å². The van der Waals surface area contributed by atoms with Crippen LogP contribution in [0.15, 0.2) is 0 Å². The van der Waals surface area contributed by atoms with Crippen LogP contribution in [-0.4, -0.2) is 59.5 Å². The number of nitrogens with zero attached hydrogens (tertiary/aromatic N) is 2. The molecule has 5 nitrogen and oxygen atoms in total. The molecule has 19 heavy (non-hydrogen) atoms. The average Bonchev–Trinajstić information content (AvgIpc) is 3.04. The second kappa shape index (κ2) is 4.20. The Morgan fingerprint density at radius 3 is 2.58 bits per heavy atom. The first-order chi connectivity index (χ1) is 9.22. The number of hydrogen-bond acceptors (Lipinski definition) is 3. The van der Waals surface area contributed by atoms with Crippen LogP contribution in [0.25, 0.3) is 0 Å². The van der Waals surface area contributed by atoms with Gasteiger partial charge < -0.3 is 14.5 Å². The highest BCUT2D eigenvalue weighted by atomic mass is 16.5. The summed E-state index contributed by atoms with van der Waals surface area (Å²) in [6.07, 6.45) is 5.66. The summed E-state index contributed by atoms with van der Waals surface area (Å²) >= 11 is 0. The zero-order chi connectivity index (χ0) is 13.0. The Morgan fingerprint density at radius 2 is 2.00 bits per heavy atom. The van der Waals surface area contributed by atoms with Crippen LogP contribution >= 0.6 is 0 Å². The predicted molar refractivity (Wildman–Crippen MR) is 67.3 cm³/mol. The Labute approximate surface area is 112 Å². The standard InChI is InChI=1S/C14H20N2O3/c17-13-8-15(5-6-16(13)9-1-2-9)14(18)11-7-10-3-4-12(11)19-10/h9-12H,1-8H2. The number of ether oxygens (including phenoxy) is 1. The van der Waals surface area contributed by atoms with Gasteiger partial charge in [-0.2, -0.15) is 0 Å². The Morgan fingerprint density at radius 1 is 1.16 bits per heavy atom. The highest BCUT2D eigenvalue weighted by Crippen LogP contribution is 2.40. The summed E-state index contributed by atoms with van der Waals surface area (Å²) in [5.41, 5.74) is 0. The Bertz CT molecular complexity index is 421. The summed E-state index contributed by atoms with van der Waals surface area (Å²) in [5.74, 6) is 0.293. The van der Waals surface area contributed by atoms with E-state index in [1.54, 1.807) is 4.90 Å². The molecule has 104 valence electrons. The van der Waals surface area contributed by atoms with Gasteiger partial charge in [0, 0.05) is 19.1 Å². The maximum Gasteiger partial charge on any atom is 0.242 e. The van der Waals surface area contributed by atoms with E-state index in [4.69, 9.17) is 4.74 Å². The Balaban J connectivity index is 1.40. The van der Waals surface area contributed by atoms with E-state index >= 15 is 0 Å². The molecule has 2 bridgehead atoms. The minimum atomic E-state index is 0.0130. The van der Waals surface area contributed by atoms with Crippen molar-refractivity contribution in [3.05, 3.63) is 0 Å². The fourth-order valence-electron chi connectivity index (χ4n) is 3.78. The fourth-order valence-corrected chi connectivity index (χ4v) is 3.78. The molecule has 0 radical (unpaired) electrons. The van der Waals surface area contributed by atoms with Crippen molar-refractivity contribution in [1.29, 1.82) is 0 Å². The van der Waals surface area contributed by atoms with E-state index in [-0.39, 0.29) is 30.4 Å². The van der Waals surface area contributed by atoms with Gasteiger partial charge >= 0.3 is 0 Å². The van der Waals surface area contributed by atoms with E-state index in [1.165, 1.54) is 0 Å². The van der Waals surface area contributed by atoms with Crippen LogP contribution in [0.1, 0.15) is 32.1 Å². The maximum atomic E-state index is 12.5. The van der Waals surface area contributed by atoms with Crippen molar-refractivity contribution < 1.29 is 14.3 Å². The van der Waals surface area contributed by atoms with Gasteiger partial charge in [-0.3, -0.25) is 9.59 Å². The molecule has 4 aliphatic rings. The van der Waals surface area contributed by atoms with Gasteiger partial charge in [-0.05, 0) is 32.1 Å². The topological polar surface area (TPSA) is 49.9 Å². The van der Waals surface area contributed by atoms with Gasteiger partial charge in [-0.15, -0.1) is 0 Å². The molecule has 3 aliphatic heterocycles. The largest absolute Gasteiger partial charge is 0.374 e. The molecule has 3 saturated heterocycles. The Kier molecular flexibility index (Phi) is 2.59. The Hall–Kier alpha value is -1.10. The third-order valence-electron chi connectivity index (χ3n) is 4.98. The average molecular weight is 264 g/mol. The van der Waals surface area contributed by atoms with Crippen LogP contribution in [-0.2, 0) is 14.3 Å². The molecule has 0 aromatic carbocycles. The smallest absolute Gasteiger partial charge is 0.242 e. The number of amides is 2. The zero-order valence-electron chi connectivity index (χ0n) is 11.1. The summed E-state index contributed by atoms with van der Waals surface area (Å²) in [6, 6.07) is 0.468. The van der Waals surface area contributed by atoms with Gasteiger partial charge in [-0.1, -0.05) is 0 Å². The second-order valence-corrected chi connectivity index (χ2v) is 6.29. The van der Waals surface area contributed by atoms with Gasteiger partial charge in [0.15, 0.2) is 0 Å². The van der Waals surface area contributed by atoms with E-state index in [1.807, 2.05) is 4.90 Å². The third kappa shape index (κ3) is 1.95. The molecule has 0 N–H and O–H groups in total. The van der Waals surface area contributed by atoms with Gasteiger partial charge in [0.25, 0.3) is 0 Å². The van der Waals surface area contributed by atoms with Gasteiger partial charge in [0.05, 0.1) is 24.7 Å². The van der Waals surface area contributed by atoms with E-state index in [0.717, 1.165) is 38.6 Å². The molecule has 1 saturated carbocycles. The third-order valence-corrected chi connectivity index (χ3v) is 4.98. The maximum absolute atomic E-state index is 12.5. The number of piperazine rings is 1. The molecule has 4 fully saturated rings. The van der Waals surface area contributed by atoms with E-state index in [2.05, 4.69) is 0 Å². The normalized spacial score (nSPS) is 38.1. The van der Waals surface area contributed by atoms with Gasteiger partial charge in [0.1, 0.15) is 0 Å². The quantitative estimate of drug-likeness (QED) is 0.725. The first-order valence-electron chi connectivity index (χ1n) is 7.46. The van der Waals surface area contributed by atoms with Crippen molar-refractivity contribution in [3.63, 3.8) is 0 Å². The summed E-state index contributed by atoms with van der Waals surface area (Å²) in [6.45, 7) is 1.70. The van der Waals surface area contributed by atoms with Crippen molar-refractivity contribution in [2.24, 2.45) is 5.92 Å². The number of fused-ring (bicyclic) bond motifs is 2. The number of carbonyl (C=O) groups excluding carboxylic acids is 2. The van der Waals surface area contributed by atoms with Crippen LogP contribution in [0.2, 0.25) is 0 Å². The molecule has 0 spiro atoms. The molecule has 1 aliphatic carbocycles. The lowest BCUT2D eigenvalue weighted by molar-refractivity contribution is -0.148. The molecule has 5 heteroatoms. The van der Waals surface area contributed by atoms with Crippen molar-refractivity contribution in [2.45, 2.75) is 50.4 Å². The summed E-state index contributed by atoms with van der Waals surface area (Å²) in [4.78, 5) is 28.3. The van der Waals surface area contributed by atoms with Crippen molar-refractivity contribution in [1.82, 2.24) is 9.80 Å². The van der Waals surface area contributed by atoms with Crippen LogP contribution in [0.4, 0.5) is 0 Å². The van der Waals surface area contributed by atoms with E-state index in [0.29, 0.717) is 18.7 Å². The molecule has 3 atom stereocenters. The molecule has 3 heterocycles. The first kappa shape index (κ1) is 11.7. The SMILES string of the molecule is O=C(C1CC2CCC1O2)N1CCN(C2CC2)C(=O)C1. The molecule has 0 aromatic rings. The summed E-state index contributed by atoms with van der Waals surface area (Å²) in [5, 5.41) is 0. The van der Waals surface area contributed by atoms with Crippen LogP contribution in [0, 0.1) is 5.92 Å². The van der Waals surface area contributed by atoms with Crippen molar-refractivity contribution in [3.8, 4) is 0 Å². The molecular formula is C14H20N2O3. The van der Waals surface area contributed by atoms with Crippen LogP contribution < -0.4 is 0 Å². The predicted octanol–water partition coefficient (Wildman–Crippen LogP) is 0.387. The number of carbonyl (C=O) groups is 2. The van der Waals surface area contributed by atoms with Crippen LogP contribution in [0.3, 0.4) is 0 Å². The second-order valence-electron chi connectivity index (χ2n) is 6.29. The van der Waals surface area contributed by atoms with E-state index in [9.17, 15) is 9.59 Å². The summed E-state index contributed by atoms with van der Waals surface area (Å²) in [7, 11) is 0. The lowest BCUT2D eigenvalue weighted by Gasteiger charge is -2.36. The van der Waals surface area contributed by atoms with Gasteiger partial charge in [-0.25, -0.2) is 0 Å². The van der Waals surface area contributed by atoms with Crippen molar-refractivity contribution >= 4 is 11.8 Å². The monoisotopic (exact) mass is 264 g/mol. The molecule has 3 unspecified atom stereocenters. The zero-order valence-corrected chi connectivity index (χ0v) is 11.1. The van der Waals surface area contributed by atoms with Gasteiger partial charge in [0.2, 0.25) is 11.8 Å². The molecular weight excluding hydrogens is 244 g/mol.